The molecule has 0 radical (unpaired) electrons. The molecule has 1 saturated heterocycles. The van der Waals surface area contributed by atoms with Gasteiger partial charge in [0, 0.05) is 13.5 Å². The lowest BCUT2D eigenvalue weighted by Crippen LogP contribution is -2.25. The van der Waals surface area contributed by atoms with Crippen LogP contribution in [0.3, 0.4) is 0 Å². The van der Waals surface area contributed by atoms with Crippen LogP contribution < -0.4 is 5.32 Å². The number of rotatable bonds is 2. The number of amides is 1. The van der Waals surface area contributed by atoms with E-state index in [9.17, 15) is 4.79 Å². The number of carbonyl (C=O) groups is 1. The highest BCUT2D eigenvalue weighted by Crippen LogP contribution is 2.12. The Balaban J connectivity index is 2.24. The highest BCUT2D eigenvalue weighted by Gasteiger charge is 2.19. The van der Waals surface area contributed by atoms with E-state index in [4.69, 9.17) is 5.21 Å². The third kappa shape index (κ3) is 2.48. The lowest BCUT2D eigenvalue weighted by Gasteiger charge is -2.11. The van der Waals surface area contributed by atoms with Gasteiger partial charge in [-0.05, 0) is 25.4 Å². The van der Waals surface area contributed by atoms with Crippen LogP contribution in [0.4, 0.5) is 0 Å². The molecule has 1 unspecified atom stereocenters. The molecule has 1 aliphatic heterocycles. The zero-order chi connectivity index (χ0) is 8.27. The van der Waals surface area contributed by atoms with E-state index in [-0.39, 0.29) is 5.91 Å². The first-order valence-corrected chi connectivity index (χ1v) is 3.86. The molecule has 1 atom stereocenters. The summed E-state index contributed by atoms with van der Waals surface area (Å²) in [6, 6.07) is 0. The molecule has 1 rings (SSSR count). The van der Waals surface area contributed by atoms with E-state index in [1.807, 2.05) is 0 Å². The van der Waals surface area contributed by atoms with Gasteiger partial charge in [-0.15, -0.1) is 0 Å². The number of nitrogens with one attached hydrogen (secondary N) is 1. The maximum absolute atomic E-state index is 10.9. The van der Waals surface area contributed by atoms with Gasteiger partial charge in [-0.3, -0.25) is 10.0 Å². The smallest absolute Gasteiger partial charge is 0.245 e. The van der Waals surface area contributed by atoms with Crippen molar-refractivity contribution in [2.45, 2.75) is 12.8 Å². The molecule has 2 N–H and O–H groups in total. The van der Waals surface area contributed by atoms with Crippen LogP contribution >= 0.6 is 0 Å². The minimum absolute atomic E-state index is 0.196. The van der Waals surface area contributed by atoms with Gasteiger partial charge in [0.05, 0.1) is 0 Å². The normalized spacial score (nSPS) is 23.6. The molecule has 4 heteroatoms. The standard InChI is InChI=1S/C7H14N2O2/c1-9(11)7(10)4-6-2-3-8-5-6/h6,8,11H,2-5H2,1H3. The highest BCUT2D eigenvalue weighted by molar-refractivity contribution is 5.74. The van der Waals surface area contributed by atoms with E-state index >= 15 is 0 Å². The second kappa shape index (κ2) is 3.69. The van der Waals surface area contributed by atoms with Gasteiger partial charge in [0.25, 0.3) is 0 Å². The van der Waals surface area contributed by atoms with Crippen LogP contribution in [0.1, 0.15) is 12.8 Å². The van der Waals surface area contributed by atoms with Crippen LogP contribution in [-0.2, 0) is 4.79 Å². The molecule has 1 aliphatic rings. The van der Waals surface area contributed by atoms with Gasteiger partial charge in [0.15, 0.2) is 0 Å². The van der Waals surface area contributed by atoms with E-state index in [0.717, 1.165) is 19.5 Å². The van der Waals surface area contributed by atoms with E-state index in [2.05, 4.69) is 5.32 Å². The lowest BCUT2D eigenvalue weighted by atomic mass is 10.1. The SMILES string of the molecule is CN(O)C(=O)CC1CCNC1. The molecule has 4 nitrogen and oxygen atoms in total. The van der Waals surface area contributed by atoms with Crippen molar-refractivity contribution in [1.29, 1.82) is 0 Å². The molecule has 1 heterocycles. The average Bonchev–Trinajstić information content (AvgIpc) is 2.39. The topological polar surface area (TPSA) is 52.6 Å². The van der Waals surface area contributed by atoms with Crippen LogP contribution in [0.5, 0.6) is 0 Å². The number of nitrogens with zero attached hydrogens (tertiary/aromatic N) is 1. The molecule has 0 aromatic carbocycles. The van der Waals surface area contributed by atoms with Crippen molar-refractivity contribution in [2.24, 2.45) is 5.92 Å². The van der Waals surface area contributed by atoms with Crippen LogP contribution in [0.15, 0.2) is 0 Å². The number of hydrogen-bond donors (Lipinski definition) is 2. The van der Waals surface area contributed by atoms with Gasteiger partial charge in [0.1, 0.15) is 0 Å². The predicted octanol–water partition coefficient (Wildman–Crippen LogP) is -0.166. The Labute approximate surface area is 66.1 Å². The Morgan fingerprint density at radius 3 is 3.00 bits per heavy atom. The molecule has 0 aliphatic carbocycles. The van der Waals surface area contributed by atoms with E-state index in [1.54, 1.807) is 0 Å². The maximum Gasteiger partial charge on any atom is 0.245 e. The average molecular weight is 158 g/mol. The highest BCUT2D eigenvalue weighted by atomic mass is 16.5. The van der Waals surface area contributed by atoms with Crippen molar-refractivity contribution >= 4 is 5.91 Å². The van der Waals surface area contributed by atoms with Crippen molar-refractivity contribution in [2.75, 3.05) is 20.1 Å². The third-order valence-electron chi connectivity index (χ3n) is 1.99. The third-order valence-corrected chi connectivity index (χ3v) is 1.99. The summed E-state index contributed by atoms with van der Waals surface area (Å²) in [4.78, 5) is 10.9. The van der Waals surface area contributed by atoms with Gasteiger partial charge in [0.2, 0.25) is 5.91 Å². The van der Waals surface area contributed by atoms with Gasteiger partial charge in [-0.25, -0.2) is 5.06 Å². The zero-order valence-corrected chi connectivity index (χ0v) is 6.71. The van der Waals surface area contributed by atoms with Crippen molar-refractivity contribution < 1.29 is 10.0 Å². The first-order chi connectivity index (χ1) is 5.20. The maximum atomic E-state index is 10.9. The van der Waals surface area contributed by atoms with E-state index in [0.29, 0.717) is 17.4 Å². The van der Waals surface area contributed by atoms with E-state index < -0.39 is 0 Å². The Morgan fingerprint density at radius 2 is 2.55 bits per heavy atom. The Morgan fingerprint density at radius 1 is 1.82 bits per heavy atom. The summed E-state index contributed by atoms with van der Waals surface area (Å²) in [6.45, 7) is 1.90. The minimum atomic E-state index is -0.196. The Hall–Kier alpha value is -0.610. The number of hydroxylamine groups is 2. The van der Waals surface area contributed by atoms with Crippen molar-refractivity contribution in [3.8, 4) is 0 Å². The molecule has 64 valence electrons. The van der Waals surface area contributed by atoms with Gasteiger partial charge in [-0.1, -0.05) is 0 Å². The summed E-state index contributed by atoms with van der Waals surface area (Å²) in [5.41, 5.74) is 0. The number of hydrogen-bond acceptors (Lipinski definition) is 3. The first kappa shape index (κ1) is 8.49. The van der Waals surface area contributed by atoms with Crippen LogP contribution in [-0.4, -0.2) is 36.3 Å². The molecule has 11 heavy (non-hydrogen) atoms. The van der Waals surface area contributed by atoms with Gasteiger partial charge >= 0.3 is 0 Å². The summed E-state index contributed by atoms with van der Waals surface area (Å²) in [5.74, 6) is 0.218. The fourth-order valence-electron chi connectivity index (χ4n) is 1.27. The largest absolute Gasteiger partial charge is 0.316 e. The minimum Gasteiger partial charge on any atom is -0.316 e. The van der Waals surface area contributed by atoms with Crippen molar-refractivity contribution in [3.05, 3.63) is 0 Å². The molecule has 0 saturated carbocycles. The van der Waals surface area contributed by atoms with Gasteiger partial charge < -0.3 is 5.32 Å². The van der Waals surface area contributed by atoms with Crippen LogP contribution in [0.2, 0.25) is 0 Å². The predicted molar refractivity (Wildman–Crippen MR) is 40.2 cm³/mol. The van der Waals surface area contributed by atoms with Crippen molar-refractivity contribution in [3.63, 3.8) is 0 Å². The molecule has 0 aromatic rings. The number of carbonyl (C=O) groups excluding carboxylic acids is 1. The Kier molecular flexibility index (Phi) is 2.84. The van der Waals surface area contributed by atoms with Crippen LogP contribution in [0.25, 0.3) is 0 Å². The summed E-state index contributed by atoms with van der Waals surface area (Å²) >= 11 is 0. The second-order valence-corrected chi connectivity index (χ2v) is 2.98. The summed E-state index contributed by atoms with van der Waals surface area (Å²) in [7, 11) is 1.37. The molecule has 0 spiro atoms. The fraction of sp³-hybridized carbons (Fsp3) is 0.857. The molecule has 1 fully saturated rings. The van der Waals surface area contributed by atoms with Gasteiger partial charge in [-0.2, -0.15) is 0 Å². The molecule has 1 amide bonds. The summed E-state index contributed by atoms with van der Waals surface area (Å²) in [6.07, 6.45) is 1.50. The molecule has 0 aromatic heterocycles. The lowest BCUT2D eigenvalue weighted by molar-refractivity contribution is -0.160. The van der Waals surface area contributed by atoms with Crippen molar-refractivity contribution in [1.82, 2.24) is 10.4 Å². The first-order valence-electron chi connectivity index (χ1n) is 3.86. The van der Waals surface area contributed by atoms with Crippen LogP contribution in [0, 0.1) is 5.92 Å². The quantitative estimate of drug-likeness (QED) is 0.433. The summed E-state index contributed by atoms with van der Waals surface area (Å²) in [5, 5.41) is 12.6. The molecule has 0 bridgehead atoms. The second-order valence-electron chi connectivity index (χ2n) is 2.98. The molecular weight excluding hydrogens is 144 g/mol. The Bertz CT molecular complexity index is 141. The fourth-order valence-corrected chi connectivity index (χ4v) is 1.27. The summed E-state index contributed by atoms with van der Waals surface area (Å²) < 4.78 is 0. The van der Waals surface area contributed by atoms with E-state index in [1.165, 1.54) is 7.05 Å². The zero-order valence-electron chi connectivity index (χ0n) is 6.71. The molecular formula is C7H14N2O2. The monoisotopic (exact) mass is 158 g/mol.